The first-order valence-electron chi connectivity index (χ1n) is 6.19. The van der Waals surface area contributed by atoms with E-state index in [2.05, 4.69) is 18.2 Å². The lowest BCUT2D eigenvalue weighted by Gasteiger charge is -2.12. The minimum atomic E-state index is 0.131. The molecule has 2 aromatic carbocycles. The third-order valence-corrected chi connectivity index (χ3v) is 3.48. The van der Waals surface area contributed by atoms with E-state index in [9.17, 15) is 0 Å². The molecule has 1 unspecified atom stereocenters. The molecule has 0 heterocycles. The maximum atomic E-state index is 6.18. The lowest BCUT2D eigenvalue weighted by Crippen LogP contribution is -2.25. The first kappa shape index (κ1) is 13.1. The summed E-state index contributed by atoms with van der Waals surface area (Å²) in [6.45, 7) is 2.01. The van der Waals surface area contributed by atoms with Gasteiger partial charge >= 0.3 is 0 Å². The van der Waals surface area contributed by atoms with Crippen LogP contribution in [-0.4, -0.2) is 6.04 Å². The predicted molar refractivity (Wildman–Crippen MR) is 78.0 cm³/mol. The summed E-state index contributed by atoms with van der Waals surface area (Å²) in [6.07, 6.45) is 1.75. The highest BCUT2D eigenvalue weighted by Gasteiger charge is 2.06. The van der Waals surface area contributed by atoms with E-state index >= 15 is 0 Å². The second kappa shape index (κ2) is 6.03. The van der Waals surface area contributed by atoms with E-state index in [1.807, 2.05) is 37.3 Å². The van der Waals surface area contributed by atoms with E-state index in [1.54, 1.807) is 0 Å². The lowest BCUT2D eigenvalue weighted by molar-refractivity contribution is 0.665. The normalized spacial score (nSPS) is 12.4. The molecule has 0 radical (unpaired) electrons. The van der Waals surface area contributed by atoms with Gasteiger partial charge in [0.1, 0.15) is 0 Å². The van der Waals surface area contributed by atoms with Crippen molar-refractivity contribution in [1.82, 2.24) is 0 Å². The van der Waals surface area contributed by atoms with Gasteiger partial charge in [-0.25, -0.2) is 0 Å². The average Bonchev–Trinajstić information content (AvgIpc) is 2.35. The largest absolute Gasteiger partial charge is 0.327 e. The fraction of sp³-hybridized carbons (Fsp3) is 0.250. The molecule has 0 saturated heterocycles. The van der Waals surface area contributed by atoms with E-state index < -0.39 is 0 Å². The quantitative estimate of drug-likeness (QED) is 0.889. The van der Waals surface area contributed by atoms with Gasteiger partial charge in [-0.3, -0.25) is 0 Å². The Hall–Kier alpha value is -1.31. The van der Waals surface area contributed by atoms with E-state index in [4.69, 9.17) is 17.3 Å². The Morgan fingerprint density at radius 2 is 1.67 bits per heavy atom. The Morgan fingerprint density at radius 3 is 2.33 bits per heavy atom. The van der Waals surface area contributed by atoms with Crippen LogP contribution in [0.15, 0.2) is 48.5 Å². The summed E-state index contributed by atoms with van der Waals surface area (Å²) >= 11 is 6.12. The van der Waals surface area contributed by atoms with Crippen LogP contribution in [0, 0.1) is 6.92 Å². The van der Waals surface area contributed by atoms with Crippen LogP contribution in [0.3, 0.4) is 0 Å². The van der Waals surface area contributed by atoms with E-state index in [0.717, 1.165) is 23.4 Å². The molecule has 2 heteroatoms. The minimum Gasteiger partial charge on any atom is -0.327 e. The molecular weight excluding hydrogens is 242 g/mol. The molecule has 0 aliphatic heterocycles. The van der Waals surface area contributed by atoms with Crippen LogP contribution >= 0.6 is 11.6 Å². The Balaban J connectivity index is 1.99. The molecule has 2 rings (SSSR count). The molecule has 0 spiro atoms. The highest BCUT2D eigenvalue weighted by Crippen LogP contribution is 2.18. The first-order valence-corrected chi connectivity index (χ1v) is 6.57. The van der Waals surface area contributed by atoms with Gasteiger partial charge in [0.15, 0.2) is 0 Å². The van der Waals surface area contributed by atoms with Crippen molar-refractivity contribution in [3.63, 3.8) is 0 Å². The summed E-state index contributed by atoms with van der Waals surface area (Å²) in [4.78, 5) is 0. The van der Waals surface area contributed by atoms with Gasteiger partial charge in [0, 0.05) is 11.1 Å². The molecule has 0 amide bonds. The molecule has 2 aromatic rings. The summed E-state index contributed by atoms with van der Waals surface area (Å²) < 4.78 is 0. The van der Waals surface area contributed by atoms with E-state index in [0.29, 0.717) is 0 Å². The molecule has 0 aromatic heterocycles. The highest BCUT2D eigenvalue weighted by atomic mass is 35.5. The molecule has 0 aliphatic carbocycles. The molecule has 1 nitrogen and oxygen atoms in total. The smallest absolute Gasteiger partial charge is 0.0437 e. The Kier molecular flexibility index (Phi) is 4.40. The van der Waals surface area contributed by atoms with Crippen molar-refractivity contribution in [3.8, 4) is 0 Å². The summed E-state index contributed by atoms with van der Waals surface area (Å²) in [5, 5.41) is 0.819. The number of aryl methyl sites for hydroxylation is 1. The van der Waals surface area contributed by atoms with Gasteiger partial charge in [0.05, 0.1) is 0 Å². The zero-order valence-electron chi connectivity index (χ0n) is 10.6. The Morgan fingerprint density at radius 1 is 1.00 bits per heavy atom. The van der Waals surface area contributed by atoms with Crippen molar-refractivity contribution < 1.29 is 0 Å². The third-order valence-electron chi connectivity index (χ3n) is 3.07. The standard InChI is InChI=1S/C16H18ClN/c1-12-7-8-14(11-16(12)17)10-15(18)9-13-5-3-2-4-6-13/h2-8,11,15H,9-10,18H2,1H3. The zero-order chi connectivity index (χ0) is 13.0. The minimum absolute atomic E-state index is 0.131. The maximum absolute atomic E-state index is 6.18. The van der Waals surface area contributed by atoms with Crippen LogP contribution in [0.1, 0.15) is 16.7 Å². The van der Waals surface area contributed by atoms with Gasteiger partial charge in [-0.1, -0.05) is 54.1 Å². The number of benzene rings is 2. The summed E-state index contributed by atoms with van der Waals surface area (Å²) in [6, 6.07) is 16.6. The molecule has 0 fully saturated rings. The van der Waals surface area contributed by atoms with Crippen molar-refractivity contribution in [3.05, 3.63) is 70.2 Å². The fourth-order valence-corrected chi connectivity index (χ4v) is 2.26. The van der Waals surface area contributed by atoms with Crippen molar-refractivity contribution in [2.24, 2.45) is 5.73 Å². The Bertz CT molecular complexity index is 508. The number of hydrogen-bond acceptors (Lipinski definition) is 1. The van der Waals surface area contributed by atoms with Crippen LogP contribution in [0.2, 0.25) is 5.02 Å². The summed E-state index contributed by atoms with van der Waals surface area (Å²) in [7, 11) is 0. The highest BCUT2D eigenvalue weighted by molar-refractivity contribution is 6.31. The number of hydrogen-bond donors (Lipinski definition) is 1. The third kappa shape index (κ3) is 3.59. The monoisotopic (exact) mass is 259 g/mol. The van der Waals surface area contributed by atoms with E-state index in [-0.39, 0.29) is 6.04 Å². The first-order chi connectivity index (χ1) is 8.65. The molecular formula is C16H18ClN. The van der Waals surface area contributed by atoms with Crippen LogP contribution in [0.5, 0.6) is 0 Å². The number of halogens is 1. The molecule has 2 N–H and O–H groups in total. The lowest BCUT2D eigenvalue weighted by atomic mass is 9.99. The molecule has 0 bridgehead atoms. The van der Waals surface area contributed by atoms with Gasteiger partial charge in [0.2, 0.25) is 0 Å². The topological polar surface area (TPSA) is 26.0 Å². The second-order valence-electron chi connectivity index (χ2n) is 4.74. The molecule has 1 atom stereocenters. The SMILES string of the molecule is Cc1ccc(CC(N)Cc2ccccc2)cc1Cl. The van der Waals surface area contributed by atoms with Gasteiger partial charge in [-0.15, -0.1) is 0 Å². The number of nitrogens with two attached hydrogens (primary N) is 1. The number of rotatable bonds is 4. The van der Waals surface area contributed by atoms with Crippen LogP contribution in [0.25, 0.3) is 0 Å². The molecule has 94 valence electrons. The summed E-state index contributed by atoms with van der Waals surface area (Å²) in [5.41, 5.74) is 9.77. The van der Waals surface area contributed by atoms with Gasteiger partial charge in [-0.2, -0.15) is 0 Å². The van der Waals surface area contributed by atoms with E-state index in [1.165, 1.54) is 11.1 Å². The maximum Gasteiger partial charge on any atom is 0.0437 e. The second-order valence-corrected chi connectivity index (χ2v) is 5.14. The molecule has 0 aliphatic rings. The summed E-state index contributed by atoms with van der Waals surface area (Å²) in [5.74, 6) is 0. The van der Waals surface area contributed by atoms with Gasteiger partial charge in [-0.05, 0) is 42.5 Å². The zero-order valence-corrected chi connectivity index (χ0v) is 11.3. The van der Waals surface area contributed by atoms with Crippen molar-refractivity contribution in [1.29, 1.82) is 0 Å². The van der Waals surface area contributed by atoms with Gasteiger partial charge < -0.3 is 5.73 Å². The van der Waals surface area contributed by atoms with Crippen LogP contribution < -0.4 is 5.73 Å². The molecule has 18 heavy (non-hydrogen) atoms. The predicted octanol–water partition coefficient (Wildman–Crippen LogP) is 3.76. The Labute approximate surface area is 114 Å². The van der Waals surface area contributed by atoms with Crippen molar-refractivity contribution in [2.75, 3.05) is 0 Å². The van der Waals surface area contributed by atoms with Crippen LogP contribution in [0.4, 0.5) is 0 Å². The van der Waals surface area contributed by atoms with Crippen molar-refractivity contribution >= 4 is 11.6 Å². The van der Waals surface area contributed by atoms with Gasteiger partial charge in [0.25, 0.3) is 0 Å². The van der Waals surface area contributed by atoms with Crippen molar-refractivity contribution in [2.45, 2.75) is 25.8 Å². The average molecular weight is 260 g/mol. The van der Waals surface area contributed by atoms with Crippen LogP contribution in [-0.2, 0) is 12.8 Å². The molecule has 0 saturated carbocycles. The fourth-order valence-electron chi connectivity index (χ4n) is 2.06.